The van der Waals surface area contributed by atoms with Crippen molar-refractivity contribution in [2.45, 2.75) is 25.8 Å². The third-order valence-corrected chi connectivity index (χ3v) is 4.09. The van der Waals surface area contributed by atoms with E-state index in [-0.39, 0.29) is 0 Å². The number of para-hydroxylation sites is 1. The Hall–Kier alpha value is -1.47. The average molecular weight is 272 g/mol. The first-order valence-electron chi connectivity index (χ1n) is 6.82. The zero-order valence-electron chi connectivity index (χ0n) is 11.1. The maximum atomic E-state index is 6.32. The number of hydrogen-bond donors (Lipinski definition) is 1. The Morgan fingerprint density at radius 2 is 1.79 bits per heavy atom. The van der Waals surface area contributed by atoms with Crippen LogP contribution in [0.3, 0.4) is 0 Å². The predicted molar refractivity (Wildman–Crippen MR) is 81.7 cm³/mol. The zero-order valence-corrected chi connectivity index (χ0v) is 11.8. The highest BCUT2D eigenvalue weighted by Gasteiger charge is 2.32. The first kappa shape index (κ1) is 12.6. The van der Waals surface area contributed by atoms with E-state index in [1.54, 1.807) is 0 Å². The van der Waals surface area contributed by atoms with Gasteiger partial charge in [0.25, 0.3) is 0 Å². The molecule has 1 unspecified atom stereocenters. The first-order chi connectivity index (χ1) is 9.25. The standard InChI is InChI=1S/C17H18ClN/c1-12-6-5-9-15(18)16(12)19-17(14-10-11-14)13-7-3-2-4-8-13/h2-9,14,17,19H,10-11H2,1H3. The number of aryl methyl sites for hydroxylation is 1. The monoisotopic (exact) mass is 271 g/mol. The predicted octanol–water partition coefficient (Wildman–Crippen LogP) is 5.21. The summed E-state index contributed by atoms with van der Waals surface area (Å²) in [7, 11) is 0. The molecule has 0 aromatic heterocycles. The smallest absolute Gasteiger partial charge is 0.0640 e. The molecule has 0 aliphatic heterocycles. The van der Waals surface area contributed by atoms with Crippen LogP contribution in [0.2, 0.25) is 5.02 Å². The van der Waals surface area contributed by atoms with E-state index in [1.807, 2.05) is 12.1 Å². The highest BCUT2D eigenvalue weighted by Crippen LogP contribution is 2.44. The third-order valence-electron chi connectivity index (χ3n) is 3.77. The Bertz CT molecular complexity index is 540. The van der Waals surface area contributed by atoms with E-state index in [1.165, 1.54) is 24.0 Å². The molecule has 3 rings (SSSR count). The van der Waals surface area contributed by atoms with Crippen LogP contribution < -0.4 is 5.32 Å². The molecule has 2 aromatic carbocycles. The van der Waals surface area contributed by atoms with Crippen molar-refractivity contribution in [3.8, 4) is 0 Å². The highest BCUT2D eigenvalue weighted by atomic mass is 35.5. The van der Waals surface area contributed by atoms with Gasteiger partial charge in [-0.15, -0.1) is 0 Å². The van der Waals surface area contributed by atoms with Gasteiger partial charge in [0.1, 0.15) is 0 Å². The molecule has 0 amide bonds. The lowest BCUT2D eigenvalue weighted by Crippen LogP contribution is -2.13. The quantitative estimate of drug-likeness (QED) is 0.805. The number of rotatable bonds is 4. The van der Waals surface area contributed by atoms with Crippen molar-refractivity contribution >= 4 is 17.3 Å². The van der Waals surface area contributed by atoms with Gasteiger partial charge in [0.2, 0.25) is 0 Å². The largest absolute Gasteiger partial charge is 0.377 e. The molecule has 1 N–H and O–H groups in total. The second-order valence-electron chi connectivity index (χ2n) is 5.30. The maximum absolute atomic E-state index is 6.32. The minimum atomic E-state index is 0.375. The summed E-state index contributed by atoms with van der Waals surface area (Å²) >= 11 is 6.32. The molecule has 0 saturated heterocycles. The Morgan fingerprint density at radius 3 is 2.42 bits per heavy atom. The topological polar surface area (TPSA) is 12.0 Å². The van der Waals surface area contributed by atoms with E-state index in [4.69, 9.17) is 11.6 Å². The van der Waals surface area contributed by atoms with Crippen molar-refractivity contribution in [2.75, 3.05) is 5.32 Å². The summed E-state index contributed by atoms with van der Waals surface area (Å²) in [6.07, 6.45) is 2.60. The molecular formula is C17H18ClN. The van der Waals surface area contributed by atoms with E-state index in [9.17, 15) is 0 Å². The molecule has 1 saturated carbocycles. The summed E-state index contributed by atoms with van der Waals surface area (Å²) in [6, 6.07) is 17.1. The molecule has 0 radical (unpaired) electrons. The lowest BCUT2D eigenvalue weighted by Gasteiger charge is -2.22. The zero-order chi connectivity index (χ0) is 13.2. The molecule has 0 heterocycles. The van der Waals surface area contributed by atoms with Gasteiger partial charge in [-0.3, -0.25) is 0 Å². The number of hydrogen-bond acceptors (Lipinski definition) is 1. The molecule has 2 aromatic rings. The molecule has 1 aliphatic rings. The summed E-state index contributed by atoms with van der Waals surface area (Å²) in [5.41, 5.74) is 3.63. The Morgan fingerprint density at radius 1 is 1.05 bits per heavy atom. The van der Waals surface area contributed by atoms with E-state index >= 15 is 0 Å². The van der Waals surface area contributed by atoms with Crippen molar-refractivity contribution in [3.63, 3.8) is 0 Å². The number of nitrogens with one attached hydrogen (secondary N) is 1. The summed E-state index contributed by atoms with van der Waals surface area (Å²) < 4.78 is 0. The van der Waals surface area contributed by atoms with Crippen LogP contribution in [0, 0.1) is 12.8 Å². The lowest BCUT2D eigenvalue weighted by atomic mass is 10.0. The number of anilines is 1. The molecule has 1 atom stereocenters. The van der Waals surface area contributed by atoms with Gasteiger partial charge in [-0.25, -0.2) is 0 Å². The van der Waals surface area contributed by atoms with Crippen molar-refractivity contribution in [2.24, 2.45) is 5.92 Å². The number of benzene rings is 2. The fraction of sp³-hybridized carbons (Fsp3) is 0.294. The second kappa shape index (κ2) is 5.26. The highest BCUT2D eigenvalue weighted by molar-refractivity contribution is 6.33. The molecule has 2 heteroatoms. The molecular weight excluding hydrogens is 254 g/mol. The molecule has 0 spiro atoms. The molecule has 1 fully saturated rings. The third kappa shape index (κ3) is 2.76. The fourth-order valence-corrected chi connectivity index (χ4v) is 2.81. The molecule has 0 bridgehead atoms. The average Bonchev–Trinajstić information content (AvgIpc) is 3.24. The van der Waals surface area contributed by atoms with E-state index < -0.39 is 0 Å². The minimum Gasteiger partial charge on any atom is -0.377 e. The van der Waals surface area contributed by atoms with E-state index in [0.29, 0.717) is 6.04 Å². The van der Waals surface area contributed by atoms with Crippen LogP contribution in [0.5, 0.6) is 0 Å². The van der Waals surface area contributed by atoms with Gasteiger partial charge in [0.05, 0.1) is 16.8 Å². The van der Waals surface area contributed by atoms with Crippen LogP contribution in [0.4, 0.5) is 5.69 Å². The fourth-order valence-electron chi connectivity index (χ4n) is 2.53. The van der Waals surface area contributed by atoms with Crippen molar-refractivity contribution in [1.29, 1.82) is 0 Å². The van der Waals surface area contributed by atoms with Crippen LogP contribution in [-0.4, -0.2) is 0 Å². The molecule has 19 heavy (non-hydrogen) atoms. The molecule has 98 valence electrons. The van der Waals surface area contributed by atoms with Gasteiger partial charge in [-0.05, 0) is 42.9 Å². The summed E-state index contributed by atoms with van der Waals surface area (Å²) in [4.78, 5) is 0. The van der Waals surface area contributed by atoms with Crippen LogP contribution in [-0.2, 0) is 0 Å². The van der Waals surface area contributed by atoms with Gasteiger partial charge < -0.3 is 5.32 Å². The normalized spacial score (nSPS) is 16.1. The molecule has 1 nitrogen and oxygen atoms in total. The Labute approximate surface area is 119 Å². The van der Waals surface area contributed by atoms with Crippen molar-refractivity contribution in [1.82, 2.24) is 0 Å². The van der Waals surface area contributed by atoms with E-state index in [2.05, 4.69) is 48.6 Å². The van der Waals surface area contributed by atoms with Crippen molar-refractivity contribution < 1.29 is 0 Å². The molecule has 1 aliphatic carbocycles. The Kier molecular flexibility index (Phi) is 3.48. The summed E-state index contributed by atoms with van der Waals surface area (Å²) in [5.74, 6) is 0.734. The Balaban J connectivity index is 1.90. The van der Waals surface area contributed by atoms with Crippen molar-refractivity contribution in [3.05, 3.63) is 64.7 Å². The summed E-state index contributed by atoms with van der Waals surface area (Å²) in [6.45, 7) is 2.10. The van der Waals surface area contributed by atoms with Gasteiger partial charge in [-0.1, -0.05) is 54.1 Å². The van der Waals surface area contributed by atoms with Crippen LogP contribution >= 0.6 is 11.6 Å². The van der Waals surface area contributed by atoms with E-state index in [0.717, 1.165) is 16.6 Å². The SMILES string of the molecule is Cc1cccc(Cl)c1NC(c1ccccc1)C1CC1. The number of halogens is 1. The van der Waals surface area contributed by atoms with Crippen LogP contribution in [0.25, 0.3) is 0 Å². The second-order valence-corrected chi connectivity index (χ2v) is 5.71. The minimum absolute atomic E-state index is 0.375. The van der Waals surface area contributed by atoms with Gasteiger partial charge in [0, 0.05) is 0 Å². The first-order valence-corrected chi connectivity index (χ1v) is 7.20. The lowest BCUT2D eigenvalue weighted by molar-refractivity contribution is 0.678. The maximum Gasteiger partial charge on any atom is 0.0640 e. The van der Waals surface area contributed by atoms with Gasteiger partial charge in [0.15, 0.2) is 0 Å². The van der Waals surface area contributed by atoms with Gasteiger partial charge >= 0.3 is 0 Å². The van der Waals surface area contributed by atoms with Crippen LogP contribution in [0.1, 0.15) is 30.0 Å². The summed E-state index contributed by atoms with van der Waals surface area (Å²) in [5, 5.41) is 4.47. The van der Waals surface area contributed by atoms with Gasteiger partial charge in [-0.2, -0.15) is 0 Å². The van der Waals surface area contributed by atoms with Crippen LogP contribution in [0.15, 0.2) is 48.5 Å².